The van der Waals surface area contributed by atoms with E-state index in [4.69, 9.17) is 0 Å². The van der Waals surface area contributed by atoms with Gasteiger partial charge in [-0.05, 0) is 19.3 Å². The maximum Gasteiger partial charge on any atom is 0.132 e. The van der Waals surface area contributed by atoms with E-state index in [9.17, 15) is 0 Å². The maximum atomic E-state index is 4.62. The highest BCUT2D eigenvalue weighted by Crippen LogP contribution is 2.21. The van der Waals surface area contributed by atoms with Gasteiger partial charge in [-0.15, -0.1) is 0 Å². The van der Waals surface area contributed by atoms with Crippen LogP contribution in [-0.4, -0.2) is 22.6 Å². The minimum atomic E-state index is 0.580. The molecule has 1 saturated carbocycles. The van der Waals surface area contributed by atoms with E-state index in [1.54, 1.807) is 0 Å². The molecule has 4 nitrogen and oxygen atoms in total. The molecule has 1 aliphatic carbocycles. The molecule has 2 N–H and O–H groups in total. The zero-order valence-corrected chi connectivity index (χ0v) is 12.9. The second-order valence-corrected chi connectivity index (χ2v) is 5.67. The summed E-state index contributed by atoms with van der Waals surface area (Å²) in [4.78, 5) is 9.16. The van der Waals surface area contributed by atoms with Gasteiger partial charge in [-0.3, -0.25) is 0 Å². The largest absolute Gasteiger partial charge is 0.370 e. The molecule has 0 amide bonds. The molecule has 112 valence electrons. The molecule has 1 aromatic heterocycles. The molecule has 1 aromatic rings. The van der Waals surface area contributed by atoms with Crippen LogP contribution in [0.25, 0.3) is 0 Å². The van der Waals surface area contributed by atoms with Crippen molar-refractivity contribution >= 4 is 11.6 Å². The van der Waals surface area contributed by atoms with Gasteiger partial charge in [0, 0.05) is 25.1 Å². The zero-order valence-electron chi connectivity index (χ0n) is 12.9. The molecule has 0 radical (unpaired) electrons. The Hall–Kier alpha value is -1.32. The number of aromatic nitrogens is 2. The fraction of sp³-hybridized carbons (Fsp3) is 0.750. The predicted octanol–water partition coefficient (Wildman–Crippen LogP) is 4.00. The molecule has 0 aromatic carbocycles. The first-order chi connectivity index (χ1) is 9.81. The Bertz CT molecular complexity index is 397. The Balaban J connectivity index is 2.04. The first-order valence-electron chi connectivity index (χ1n) is 8.20. The number of anilines is 2. The van der Waals surface area contributed by atoms with Gasteiger partial charge < -0.3 is 10.6 Å². The highest BCUT2D eigenvalue weighted by molar-refractivity contribution is 5.48. The van der Waals surface area contributed by atoms with Gasteiger partial charge in [0.2, 0.25) is 0 Å². The van der Waals surface area contributed by atoms with Crippen LogP contribution in [0, 0.1) is 0 Å². The Labute approximate surface area is 122 Å². The first kappa shape index (κ1) is 15.1. The van der Waals surface area contributed by atoms with Gasteiger partial charge in [-0.1, -0.05) is 39.5 Å². The molecular weight excluding hydrogens is 248 g/mol. The standard InChI is InChI=1S/C16H28N4/c1-3-11-17-15-12-16(20-14(4-2)19-15)18-13-9-7-5-6-8-10-13/h12-13H,3-11H2,1-2H3,(H2,17,18,19,20). The lowest BCUT2D eigenvalue weighted by molar-refractivity contribution is 0.617. The summed E-state index contributed by atoms with van der Waals surface area (Å²) in [7, 11) is 0. The van der Waals surface area contributed by atoms with Gasteiger partial charge in [0.1, 0.15) is 17.5 Å². The van der Waals surface area contributed by atoms with Gasteiger partial charge in [-0.2, -0.15) is 0 Å². The van der Waals surface area contributed by atoms with Crippen molar-refractivity contribution in [3.05, 3.63) is 11.9 Å². The summed E-state index contributed by atoms with van der Waals surface area (Å²) in [6.45, 7) is 5.23. The van der Waals surface area contributed by atoms with Crippen molar-refractivity contribution in [2.24, 2.45) is 0 Å². The minimum Gasteiger partial charge on any atom is -0.370 e. The van der Waals surface area contributed by atoms with Crippen LogP contribution in [0.4, 0.5) is 11.6 Å². The number of hydrogen-bond acceptors (Lipinski definition) is 4. The van der Waals surface area contributed by atoms with Crippen molar-refractivity contribution in [3.8, 4) is 0 Å². The molecular formula is C16H28N4. The second kappa shape index (κ2) is 8.08. The molecule has 0 atom stereocenters. The zero-order chi connectivity index (χ0) is 14.2. The number of nitrogens with zero attached hydrogens (tertiary/aromatic N) is 2. The van der Waals surface area contributed by atoms with Crippen LogP contribution in [0.3, 0.4) is 0 Å². The summed E-state index contributed by atoms with van der Waals surface area (Å²) in [5.41, 5.74) is 0. The van der Waals surface area contributed by atoms with Crippen LogP contribution in [0.2, 0.25) is 0 Å². The quantitative estimate of drug-likeness (QED) is 0.771. The van der Waals surface area contributed by atoms with Gasteiger partial charge in [0.15, 0.2) is 0 Å². The van der Waals surface area contributed by atoms with E-state index in [1.807, 2.05) is 0 Å². The molecule has 4 heteroatoms. The third kappa shape index (κ3) is 4.66. The van der Waals surface area contributed by atoms with Crippen LogP contribution in [-0.2, 0) is 6.42 Å². The van der Waals surface area contributed by atoms with Crippen molar-refractivity contribution in [2.75, 3.05) is 17.2 Å². The number of nitrogens with one attached hydrogen (secondary N) is 2. The van der Waals surface area contributed by atoms with E-state index >= 15 is 0 Å². The van der Waals surface area contributed by atoms with Crippen LogP contribution in [0.1, 0.15) is 64.6 Å². The van der Waals surface area contributed by atoms with Gasteiger partial charge in [0.05, 0.1) is 0 Å². The number of rotatable bonds is 6. The Kier molecular flexibility index (Phi) is 6.09. The number of aryl methyl sites for hydroxylation is 1. The molecule has 20 heavy (non-hydrogen) atoms. The van der Waals surface area contributed by atoms with E-state index < -0.39 is 0 Å². The van der Waals surface area contributed by atoms with Crippen LogP contribution in [0.5, 0.6) is 0 Å². The Morgan fingerprint density at radius 2 is 1.75 bits per heavy atom. The normalized spacial score (nSPS) is 16.7. The average Bonchev–Trinajstić information content (AvgIpc) is 2.73. The summed E-state index contributed by atoms with van der Waals surface area (Å²) < 4.78 is 0. The first-order valence-corrected chi connectivity index (χ1v) is 8.20. The summed E-state index contributed by atoms with van der Waals surface area (Å²) >= 11 is 0. The molecule has 1 aliphatic rings. The lowest BCUT2D eigenvalue weighted by Gasteiger charge is -2.18. The summed E-state index contributed by atoms with van der Waals surface area (Å²) in [5, 5.41) is 6.99. The fourth-order valence-corrected chi connectivity index (χ4v) is 2.71. The molecule has 0 unspecified atom stereocenters. The van der Waals surface area contributed by atoms with Crippen LogP contribution < -0.4 is 10.6 Å². The third-order valence-corrected chi connectivity index (χ3v) is 3.85. The molecule has 1 heterocycles. The third-order valence-electron chi connectivity index (χ3n) is 3.85. The predicted molar refractivity (Wildman–Crippen MR) is 85.3 cm³/mol. The fourth-order valence-electron chi connectivity index (χ4n) is 2.71. The highest BCUT2D eigenvalue weighted by Gasteiger charge is 2.13. The lowest BCUT2D eigenvalue weighted by Crippen LogP contribution is -2.20. The lowest BCUT2D eigenvalue weighted by atomic mass is 10.1. The van der Waals surface area contributed by atoms with E-state index in [2.05, 4.69) is 40.5 Å². The van der Waals surface area contributed by atoms with Gasteiger partial charge in [0.25, 0.3) is 0 Å². The molecule has 0 saturated heterocycles. The van der Waals surface area contributed by atoms with Crippen LogP contribution >= 0.6 is 0 Å². The van der Waals surface area contributed by atoms with Crippen molar-refractivity contribution < 1.29 is 0 Å². The van der Waals surface area contributed by atoms with Crippen LogP contribution in [0.15, 0.2) is 6.07 Å². The molecule has 0 spiro atoms. The molecule has 0 aliphatic heterocycles. The van der Waals surface area contributed by atoms with E-state index in [0.29, 0.717) is 6.04 Å². The monoisotopic (exact) mass is 276 g/mol. The van der Waals surface area contributed by atoms with Crippen molar-refractivity contribution in [2.45, 2.75) is 71.3 Å². The second-order valence-electron chi connectivity index (χ2n) is 5.67. The molecule has 2 rings (SSSR count). The van der Waals surface area contributed by atoms with Gasteiger partial charge in [-0.25, -0.2) is 9.97 Å². The van der Waals surface area contributed by atoms with E-state index in [1.165, 1.54) is 38.5 Å². The summed E-state index contributed by atoms with van der Waals surface area (Å²) in [5.74, 6) is 2.86. The smallest absolute Gasteiger partial charge is 0.132 e. The summed E-state index contributed by atoms with van der Waals surface area (Å²) in [6.07, 6.45) is 9.95. The average molecular weight is 276 g/mol. The van der Waals surface area contributed by atoms with Crippen molar-refractivity contribution in [1.29, 1.82) is 0 Å². The number of hydrogen-bond donors (Lipinski definition) is 2. The minimum absolute atomic E-state index is 0.580. The topological polar surface area (TPSA) is 49.8 Å². The van der Waals surface area contributed by atoms with Crippen molar-refractivity contribution in [1.82, 2.24) is 9.97 Å². The Morgan fingerprint density at radius 3 is 2.40 bits per heavy atom. The SMILES string of the molecule is CCCNc1cc(NC2CCCCCC2)nc(CC)n1. The van der Waals surface area contributed by atoms with E-state index in [0.717, 1.165) is 36.8 Å². The highest BCUT2D eigenvalue weighted by atomic mass is 15.1. The van der Waals surface area contributed by atoms with Gasteiger partial charge >= 0.3 is 0 Å². The maximum absolute atomic E-state index is 4.62. The van der Waals surface area contributed by atoms with Crippen molar-refractivity contribution in [3.63, 3.8) is 0 Å². The van der Waals surface area contributed by atoms with E-state index in [-0.39, 0.29) is 0 Å². The summed E-state index contributed by atoms with van der Waals surface area (Å²) in [6, 6.07) is 2.64. The Morgan fingerprint density at radius 1 is 1.05 bits per heavy atom. The molecule has 0 bridgehead atoms. The molecule has 1 fully saturated rings.